The van der Waals surface area contributed by atoms with Crippen LogP contribution in [-0.4, -0.2) is 18.0 Å². The number of nitrogens with zero attached hydrogens (tertiary/aromatic N) is 1. The van der Waals surface area contributed by atoms with Gasteiger partial charge in [-0.2, -0.15) is 0 Å². The first-order valence-corrected chi connectivity index (χ1v) is 4.70. The first-order valence-electron chi connectivity index (χ1n) is 4.70. The predicted octanol–water partition coefficient (Wildman–Crippen LogP) is 3.03. The summed E-state index contributed by atoms with van der Waals surface area (Å²) >= 11 is 0. The lowest BCUT2D eigenvalue weighted by Gasteiger charge is -2.23. The topological polar surface area (TPSA) is 3.24 Å². The van der Waals surface area contributed by atoms with E-state index in [1.165, 1.54) is 18.5 Å². The van der Waals surface area contributed by atoms with Crippen LogP contribution in [0.15, 0.2) is 11.8 Å². The van der Waals surface area contributed by atoms with Gasteiger partial charge in [0.1, 0.15) is 0 Å². The van der Waals surface area contributed by atoms with Gasteiger partial charge in [-0.25, -0.2) is 0 Å². The van der Waals surface area contributed by atoms with Gasteiger partial charge in [0.25, 0.3) is 0 Å². The minimum Gasteiger partial charge on any atom is -0.376 e. The summed E-state index contributed by atoms with van der Waals surface area (Å²) < 4.78 is 0. The van der Waals surface area contributed by atoms with Gasteiger partial charge in [0, 0.05) is 18.8 Å². The van der Waals surface area contributed by atoms with Crippen molar-refractivity contribution in [3.8, 4) is 0 Å². The minimum absolute atomic E-state index is 1.14. The molecule has 0 heterocycles. The normalized spacial score (nSPS) is 11.8. The minimum atomic E-state index is 1.14. The molecular formula is C10H21N. The van der Waals surface area contributed by atoms with E-state index < -0.39 is 0 Å². The van der Waals surface area contributed by atoms with Crippen LogP contribution in [0, 0.1) is 0 Å². The summed E-state index contributed by atoms with van der Waals surface area (Å²) in [6.45, 7) is 11.0. The van der Waals surface area contributed by atoms with Crippen LogP contribution in [0.4, 0.5) is 0 Å². The third-order valence-electron chi connectivity index (χ3n) is 2.01. The zero-order valence-electron chi connectivity index (χ0n) is 8.35. The van der Waals surface area contributed by atoms with E-state index in [1.54, 1.807) is 0 Å². The molecule has 0 aromatic carbocycles. The van der Waals surface area contributed by atoms with Crippen molar-refractivity contribution in [3.63, 3.8) is 0 Å². The maximum Gasteiger partial charge on any atom is 0.0146 e. The third-order valence-corrected chi connectivity index (χ3v) is 2.01. The van der Waals surface area contributed by atoms with Crippen molar-refractivity contribution in [2.24, 2.45) is 0 Å². The van der Waals surface area contributed by atoms with Crippen molar-refractivity contribution in [1.82, 2.24) is 4.90 Å². The van der Waals surface area contributed by atoms with Crippen molar-refractivity contribution >= 4 is 0 Å². The summed E-state index contributed by atoms with van der Waals surface area (Å²) in [6.07, 6.45) is 4.70. The molecule has 0 atom stereocenters. The van der Waals surface area contributed by atoms with Crippen molar-refractivity contribution in [2.45, 2.75) is 40.5 Å². The lowest BCUT2D eigenvalue weighted by molar-refractivity contribution is 0.366. The van der Waals surface area contributed by atoms with E-state index in [2.05, 4.69) is 38.7 Å². The molecule has 66 valence electrons. The Balaban J connectivity index is 3.99. The summed E-state index contributed by atoms with van der Waals surface area (Å²) in [5, 5.41) is 0. The first kappa shape index (κ1) is 10.5. The lowest BCUT2D eigenvalue weighted by Crippen LogP contribution is -2.21. The number of hydrogen-bond donors (Lipinski definition) is 0. The smallest absolute Gasteiger partial charge is 0.0146 e. The van der Waals surface area contributed by atoms with Crippen LogP contribution in [0.5, 0.6) is 0 Å². The second kappa shape index (κ2) is 6.26. The van der Waals surface area contributed by atoms with E-state index >= 15 is 0 Å². The van der Waals surface area contributed by atoms with Crippen molar-refractivity contribution in [3.05, 3.63) is 11.8 Å². The van der Waals surface area contributed by atoms with Crippen molar-refractivity contribution < 1.29 is 0 Å². The van der Waals surface area contributed by atoms with Gasteiger partial charge < -0.3 is 4.90 Å². The molecule has 0 unspecified atom stereocenters. The molecule has 0 aliphatic rings. The summed E-state index contributed by atoms with van der Waals surface area (Å²) in [6, 6.07) is 0. The van der Waals surface area contributed by atoms with Crippen molar-refractivity contribution in [2.75, 3.05) is 13.1 Å². The Morgan fingerprint density at radius 1 is 1.18 bits per heavy atom. The molecule has 0 aromatic heterocycles. The van der Waals surface area contributed by atoms with E-state index in [0.29, 0.717) is 0 Å². The molecule has 0 spiro atoms. The van der Waals surface area contributed by atoms with Crippen LogP contribution in [0.2, 0.25) is 0 Å². The van der Waals surface area contributed by atoms with Gasteiger partial charge in [-0.15, -0.1) is 0 Å². The van der Waals surface area contributed by atoms with Gasteiger partial charge in [-0.05, 0) is 27.2 Å². The van der Waals surface area contributed by atoms with Crippen LogP contribution >= 0.6 is 0 Å². The second-order valence-electron chi connectivity index (χ2n) is 2.70. The zero-order valence-corrected chi connectivity index (χ0v) is 8.35. The molecule has 0 radical (unpaired) electrons. The Morgan fingerprint density at radius 2 is 1.73 bits per heavy atom. The SMILES string of the molecule is C/C=C(\CCC)N(CC)CC. The Morgan fingerprint density at radius 3 is 2.00 bits per heavy atom. The molecule has 0 rings (SSSR count). The molecule has 1 nitrogen and oxygen atoms in total. The third kappa shape index (κ3) is 3.45. The van der Waals surface area contributed by atoms with E-state index in [0.717, 1.165) is 13.1 Å². The summed E-state index contributed by atoms with van der Waals surface area (Å²) in [7, 11) is 0. The fourth-order valence-corrected chi connectivity index (χ4v) is 1.37. The van der Waals surface area contributed by atoms with Gasteiger partial charge in [-0.1, -0.05) is 19.4 Å². The molecular weight excluding hydrogens is 134 g/mol. The highest BCUT2D eigenvalue weighted by atomic mass is 15.1. The summed E-state index contributed by atoms with van der Waals surface area (Å²) in [5.74, 6) is 0. The van der Waals surface area contributed by atoms with E-state index in [-0.39, 0.29) is 0 Å². The molecule has 0 fully saturated rings. The number of rotatable bonds is 5. The molecule has 0 aliphatic heterocycles. The molecule has 0 N–H and O–H groups in total. The fraction of sp³-hybridized carbons (Fsp3) is 0.800. The highest BCUT2D eigenvalue weighted by Crippen LogP contribution is 2.09. The largest absolute Gasteiger partial charge is 0.376 e. The maximum atomic E-state index is 2.42. The van der Waals surface area contributed by atoms with Gasteiger partial charge in [-0.3, -0.25) is 0 Å². The Hall–Kier alpha value is -0.460. The van der Waals surface area contributed by atoms with Crippen molar-refractivity contribution in [1.29, 1.82) is 0 Å². The Bertz CT molecular complexity index is 112. The number of hydrogen-bond acceptors (Lipinski definition) is 1. The molecule has 0 aliphatic carbocycles. The van der Waals surface area contributed by atoms with Gasteiger partial charge in [0.05, 0.1) is 0 Å². The number of allylic oxidation sites excluding steroid dienone is 2. The quantitative estimate of drug-likeness (QED) is 0.590. The second-order valence-corrected chi connectivity index (χ2v) is 2.70. The average molecular weight is 155 g/mol. The highest BCUT2D eigenvalue weighted by Gasteiger charge is 2.01. The van der Waals surface area contributed by atoms with E-state index in [9.17, 15) is 0 Å². The van der Waals surface area contributed by atoms with Crippen LogP contribution < -0.4 is 0 Å². The summed E-state index contributed by atoms with van der Waals surface area (Å²) in [5.41, 5.74) is 1.50. The van der Waals surface area contributed by atoms with Gasteiger partial charge in [0.15, 0.2) is 0 Å². The average Bonchev–Trinajstić information content (AvgIpc) is 2.05. The van der Waals surface area contributed by atoms with E-state index in [4.69, 9.17) is 0 Å². The molecule has 0 bridgehead atoms. The monoisotopic (exact) mass is 155 g/mol. The first-order chi connectivity index (χ1) is 5.29. The highest BCUT2D eigenvalue weighted by molar-refractivity contribution is 4.98. The standard InChI is InChI=1S/C10H21N/c1-5-9-10(6-2)11(7-3)8-4/h6H,5,7-9H2,1-4H3/b10-6+. The van der Waals surface area contributed by atoms with Crippen LogP contribution in [0.1, 0.15) is 40.5 Å². The molecule has 0 saturated heterocycles. The molecule has 0 saturated carbocycles. The van der Waals surface area contributed by atoms with Crippen LogP contribution in [0.25, 0.3) is 0 Å². The molecule has 11 heavy (non-hydrogen) atoms. The predicted molar refractivity (Wildman–Crippen MR) is 51.6 cm³/mol. The zero-order chi connectivity index (χ0) is 8.69. The van der Waals surface area contributed by atoms with Crippen LogP contribution in [0.3, 0.4) is 0 Å². The Labute approximate surface area is 71.1 Å². The maximum absolute atomic E-state index is 2.42. The van der Waals surface area contributed by atoms with E-state index in [1.807, 2.05) is 0 Å². The Kier molecular flexibility index (Phi) is 6.00. The molecule has 1 heteroatoms. The molecule has 0 aromatic rings. The fourth-order valence-electron chi connectivity index (χ4n) is 1.37. The van der Waals surface area contributed by atoms with Crippen LogP contribution in [-0.2, 0) is 0 Å². The van der Waals surface area contributed by atoms with Gasteiger partial charge in [0.2, 0.25) is 0 Å². The molecule has 0 amide bonds. The summed E-state index contributed by atoms with van der Waals surface area (Å²) in [4.78, 5) is 2.42. The van der Waals surface area contributed by atoms with Gasteiger partial charge >= 0.3 is 0 Å². The lowest BCUT2D eigenvalue weighted by atomic mass is 10.2.